The van der Waals surface area contributed by atoms with Gasteiger partial charge in [-0.25, -0.2) is 9.59 Å². The molecule has 3 aliphatic rings. The molecule has 50 heavy (non-hydrogen) atoms. The van der Waals surface area contributed by atoms with Gasteiger partial charge in [-0.3, -0.25) is 14.9 Å². The van der Waals surface area contributed by atoms with E-state index < -0.39 is 65.8 Å². The van der Waals surface area contributed by atoms with Gasteiger partial charge in [0.05, 0.1) is 29.3 Å². The number of benzene rings is 1. The number of hydrogen-bond acceptors (Lipinski definition) is 10. The summed E-state index contributed by atoms with van der Waals surface area (Å²) in [6.07, 6.45) is 1.23. The number of allylic oxidation sites excluding steroid dienone is 3. The maximum Gasteiger partial charge on any atom is 0.409 e. The van der Waals surface area contributed by atoms with Crippen molar-refractivity contribution in [2.24, 2.45) is 5.92 Å². The Balaban J connectivity index is 1.76. The maximum absolute atomic E-state index is 14.0. The molecule has 0 radical (unpaired) electrons. The van der Waals surface area contributed by atoms with Gasteiger partial charge in [0.25, 0.3) is 0 Å². The molecule has 0 saturated carbocycles. The highest BCUT2D eigenvalue weighted by Gasteiger charge is 2.64. The molecule has 3 aliphatic heterocycles. The van der Waals surface area contributed by atoms with Crippen LogP contribution in [0.15, 0.2) is 35.9 Å². The van der Waals surface area contributed by atoms with Gasteiger partial charge >= 0.3 is 12.1 Å². The third-order valence-corrected chi connectivity index (χ3v) is 10.8. The third-order valence-electron chi connectivity index (χ3n) is 10.3. The molecule has 2 saturated heterocycles. The minimum absolute atomic E-state index is 0.0370. The first-order valence-corrected chi connectivity index (χ1v) is 17.2. The van der Waals surface area contributed by atoms with E-state index >= 15 is 0 Å². The Morgan fingerprint density at radius 1 is 1.24 bits per heavy atom. The molecule has 1 aromatic rings. The molecule has 13 nitrogen and oxygen atoms in total. The molecule has 2 fully saturated rings. The van der Waals surface area contributed by atoms with Crippen molar-refractivity contribution in [2.45, 2.75) is 109 Å². The summed E-state index contributed by atoms with van der Waals surface area (Å²) >= 11 is 6.75. The minimum atomic E-state index is -1.81. The van der Waals surface area contributed by atoms with Gasteiger partial charge in [0.15, 0.2) is 5.72 Å². The molecular formula is C36H51ClN4O9. The Kier molecular flexibility index (Phi) is 12.1. The van der Waals surface area contributed by atoms with Gasteiger partial charge in [0.1, 0.15) is 30.0 Å². The number of nitrogens with one attached hydrogen (secondary N) is 2. The van der Waals surface area contributed by atoms with E-state index in [2.05, 4.69) is 10.6 Å². The van der Waals surface area contributed by atoms with Gasteiger partial charge in [0.2, 0.25) is 11.8 Å². The SMILES string of the molecule is CNC(C)C(=O)N(C)C(C)C(=O)OC1CC(=O)N(C)c2cc(cc(C)c2Cl)C/C(C)=C/C=C/C(OC)C2(O)CC(OC(=O)N2)C(C)C2OC12C. The quantitative estimate of drug-likeness (QED) is 0.294. The lowest BCUT2D eigenvalue weighted by atomic mass is 9.83. The second-order valence-electron chi connectivity index (χ2n) is 14.0. The number of anilines is 1. The predicted octanol–water partition coefficient (Wildman–Crippen LogP) is 3.42. The molecule has 0 spiro atoms. The number of hydrogen-bond donors (Lipinski definition) is 3. The van der Waals surface area contributed by atoms with E-state index in [1.54, 1.807) is 53.9 Å². The number of aliphatic hydroxyl groups is 1. The number of fused-ring (bicyclic) bond motifs is 5. The first kappa shape index (κ1) is 39.3. The summed E-state index contributed by atoms with van der Waals surface area (Å²) in [5.41, 5.74) is 0.175. The number of rotatable bonds is 6. The van der Waals surface area contributed by atoms with Gasteiger partial charge < -0.3 is 39.2 Å². The number of esters is 1. The fourth-order valence-electron chi connectivity index (χ4n) is 6.66. The van der Waals surface area contributed by atoms with E-state index in [4.69, 9.17) is 30.5 Å². The van der Waals surface area contributed by atoms with Crippen molar-refractivity contribution in [2.75, 3.05) is 33.2 Å². The zero-order valence-electron chi connectivity index (χ0n) is 30.5. The zero-order chi connectivity index (χ0) is 37.3. The van der Waals surface area contributed by atoms with Crippen LogP contribution >= 0.6 is 11.6 Å². The van der Waals surface area contributed by atoms with E-state index in [1.165, 1.54) is 24.0 Å². The van der Waals surface area contributed by atoms with Crippen LogP contribution in [0.5, 0.6) is 0 Å². The first-order valence-electron chi connectivity index (χ1n) is 16.8. The fraction of sp³-hybridized carbons (Fsp3) is 0.611. The summed E-state index contributed by atoms with van der Waals surface area (Å²) in [5.74, 6) is -1.93. The van der Waals surface area contributed by atoms with Crippen molar-refractivity contribution >= 4 is 41.2 Å². The number of amides is 3. The number of ether oxygens (including phenoxy) is 4. The number of nitrogens with zero attached hydrogens (tertiary/aromatic N) is 2. The van der Waals surface area contributed by atoms with Gasteiger partial charge in [0, 0.05) is 33.5 Å². The standard InChI is InChI=1S/C36H51ClN4O9/c1-19-12-11-13-27(47-10)36(46)18-26(48-34(45)39-36)21(3)31-35(6,50-31)28(49-33(44)23(5)40(8)32(43)22(4)38-7)17-29(42)41(9)25-16-24(14-19)15-20(2)30(25)37/h11-13,15-16,21-23,26-28,31,38,46H,14,17-18H2,1-10H3,(H,39,45)/b13-11+,19-12+. The van der Waals surface area contributed by atoms with E-state index in [9.17, 15) is 24.3 Å². The summed E-state index contributed by atoms with van der Waals surface area (Å²) in [5, 5.41) is 17.5. The van der Waals surface area contributed by atoms with Crippen LogP contribution in [-0.4, -0.2) is 110 Å². The molecule has 0 aliphatic carbocycles. The van der Waals surface area contributed by atoms with Crippen LogP contribution < -0.4 is 15.5 Å². The normalized spacial score (nSPS) is 33.1. The van der Waals surface area contributed by atoms with Crippen molar-refractivity contribution in [3.8, 4) is 0 Å². The third kappa shape index (κ3) is 8.18. The van der Waals surface area contributed by atoms with Crippen LogP contribution in [0.2, 0.25) is 5.02 Å². The van der Waals surface area contributed by atoms with Gasteiger partial charge in [-0.15, -0.1) is 0 Å². The molecule has 4 bridgehead atoms. The summed E-state index contributed by atoms with van der Waals surface area (Å²) in [4.78, 5) is 56.1. The van der Waals surface area contributed by atoms with Crippen molar-refractivity contribution in [3.63, 3.8) is 0 Å². The minimum Gasteiger partial charge on any atom is -0.457 e. The molecular weight excluding hydrogens is 668 g/mol. The zero-order valence-corrected chi connectivity index (χ0v) is 31.3. The van der Waals surface area contributed by atoms with Crippen molar-refractivity contribution in [3.05, 3.63) is 52.1 Å². The van der Waals surface area contributed by atoms with Gasteiger partial charge in [-0.2, -0.15) is 0 Å². The van der Waals surface area contributed by atoms with E-state index in [0.29, 0.717) is 17.1 Å². The number of epoxide rings is 1. The molecule has 0 aromatic heterocycles. The molecule has 4 rings (SSSR count). The van der Waals surface area contributed by atoms with E-state index in [0.717, 1.165) is 16.7 Å². The topological polar surface area (TPSA) is 159 Å². The van der Waals surface area contributed by atoms with Crippen molar-refractivity contribution < 1.29 is 43.2 Å². The average molecular weight is 719 g/mol. The first-order chi connectivity index (χ1) is 23.4. The number of halogens is 1. The second-order valence-corrected chi connectivity index (χ2v) is 14.4. The summed E-state index contributed by atoms with van der Waals surface area (Å²) < 4.78 is 23.6. The Bertz CT molecular complexity index is 1550. The largest absolute Gasteiger partial charge is 0.457 e. The second kappa shape index (κ2) is 15.4. The Hall–Kier alpha value is -3.49. The number of methoxy groups -OCH3 is 1. The van der Waals surface area contributed by atoms with Crippen LogP contribution in [0.25, 0.3) is 0 Å². The smallest absolute Gasteiger partial charge is 0.409 e. The van der Waals surface area contributed by atoms with E-state index in [1.807, 2.05) is 32.1 Å². The number of aryl methyl sites for hydroxylation is 1. The predicted molar refractivity (Wildman–Crippen MR) is 188 cm³/mol. The van der Waals surface area contributed by atoms with E-state index in [-0.39, 0.29) is 24.7 Å². The molecule has 3 heterocycles. The lowest BCUT2D eigenvalue weighted by Gasteiger charge is -2.42. The molecule has 3 amide bonds. The highest BCUT2D eigenvalue weighted by Crippen LogP contribution is 2.49. The summed E-state index contributed by atoms with van der Waals surface area (Å²) in [7, 11) is 6.21. The lowest BCUT2D eigenvalue weighted by Crippen LogP contribution is -2.63. The lowest BCUT2D eigenvalue weighted by molar-refractivity contribution is -0.162. The Morgan fingerprint density at radius 3 is 2.56 bits per heavy atom. The number of likely N-dealkylation sites (N-methyl/N-ethyl adjacent to an activating group) is 2. The fourth-order valence-corrected chi connectivity index (χ4v) is 6.89. The molecule has 14 heteroatoms. The Labute approximate surface area is 299 Å². The van der Waals surface area contributed by atoms with Crippen LogP contribution in [0.1, 0.15) is 58.6 Å². The van der Waals surface area contributed by atoms with Crippen LogP contribution in [-0.2, 0) is 39.8 Å². The number of alkyl carbamates (subject to hydrolysis) is 1. The molecule has 9 atom stereocenters. The molecule has 276 valence electrons. The summed E-state index contributed by atoms with van der Waals surface area (Å²) in [6, 6.07) is 2.29. The Morgan fingerprint density at radius 2 is 1.92 bits per heavy atom. The van der Waals surface area contributed by atoms with Gasteiger partial charge in [-0.1, -0.05) is 48.4 Å². The van der Waals surface area contributed by atoms with Crippen LogP contribution in [0.3, 0.4) is 0 Å². The van der Waals surface area contributed by atoms with Crippen molar-refractivity contribution in [1.82, 2.24) is 15.5 Å². The van der Waals surface area contributed by atoms with Crippen molar-refractivity contribution in [1.29, 1.82) is 0 Å². The monoisotopic (exact) mass is 718 g/mol. The summed E-state index contributed by atoms with van der Waals surface area (Å²) in [6.45, 7) is 10.6. The average Bonchev–Trinajstić information content (AvgIpc) is 3.76. The molecule has 1 aromatic carbocycles. The number of carbonyl (C=O) groups is 4. The van der Waals surface area contributed by atoms with Crippen LogP contribution in [0, 0.1) is 12.8 Å². The number of carbonyl (C=O) groups excluding carboxylic acids is 4. The highest BCUT2D eigenvalue weighted by atomic mass is 35.5. The van der Waals surface area contributed by atoms with Gasteiger partial charge in [-0.05, 0) is 65.3 Å². The highest BCUT2D eigenvalue weighted by molar-refractivity contribution is 6.34. The maximum atomic E-state index is 14.0. The molecule has 3 N–H and O–H groups in total. The van der Waals surface area contributed by atoms with Crippen LogP contribution in [0.4, 0.5) is 10.5 Å². The molecule has 9 unspecified atom stereocenters.